The summed E-state index contributed by atoms with van der Waals surface area (Å²) in [5.41, 5.74) is 7.48. The van der Waals surface area contributed by atoms with Gasteiger partial charge < -0.3 is 5.73 Å². The molecule has 4 heteroatoms. The molecular formula is C13H16ClN3. The van der Waals surface area contributed by atoms with Crippen LogP contribution in [-0.2, 0) is 5.41 Å². The van der Waals surface area contributed by atoms with E-state index in [1.54, 1.807) is 4.68 Å². The molecule has 0 spiro atoms. The lowest BCUT2D eigenvalue weighted by atomic mass is 9.90. The molecule has 0 saturated carbocycles. The minimum atomic E-state index is -0.119. The van der Waals surface area contributed by atoms with Crippen LogP contribution in [0.1, 0.15) is 19.5 Å². The third kappa shape index (κ3) is 2.35. The average Bonchev–Trinajstić information content (AvgIpc) is 2.79. The zero-order valence-electron chi connectivity index (χ0n) is 10.0. The number of benzene rings is 1. The van der Waals surface area contributed by atoms with Gasteiger partial charge in [-0.3, -0.25) is 0 Å². The van der Waals surface area contributed by atoms with Crippen molar-refractivity contribution in [3.05, 3.63) is 47.2 Å². The molecule has 90 valence electrons. The van der Waals surface area contributed by atoms with Crippen molar-refractivity contribution in [1.82, 2.24) is 9.78 Å². The predicted molar refractivity (Wildman–Crippen MR) is 70.7 cm³/mol. The summed E-state index contributed by atoms with van der Waals surface area (Å²) in [7, 11) is 0. The number of halogens is 1. The topological polar surface area (TPSA) is 43.8 Å². The molecule has 17 heavy (non-hydrogen) atoms. The summed E-state index contributed by atoms with van der Waals surface area (Å²) >= 11 is 6.13. The molecule has 1 aromatic heterocycles. The van der Waals surface area contributed by atoms with E-state index < -0.39 is 0 Å². The van der Waals surface area contributed by atoms with Gasteiger partial charge in [0.25, 0.3) is 0 Å². The summed E-state index contributed by atoms with van der Waals surface area (Å²) < 4.78 is 1.79. The molecule has 1 aromatic carbocycles. The highest BCUT2D eigenvalue weighted by Crippen LogP contribution is 2.23. The lowest BCUT2D eigenvalue weighted by molar-refractivity contribution is 0.516. The number of aromatic nitrogens is 2. The maximum Gasteiger partial charge on any atom is 0.0831 e. The largest absolute Gasteiger partial charge is 0.330 e. The molecule has 0 fully saturated rings. The van der Waals surface area contributed by atoms with Crippen LogP contribution in [0.4, 0.5) is 0 Å². The van der Waals surface area contributed by atoms with Crippen molar-refractivity contribution >= 4 is 11.6 Å². The third-order valence-corrected chi connectivity index (χ3v) is 3.21. The number of para-hydroxylation sites is 1. The molecule has 0 aliphatic rings. The second-order valence-corrected chi connectivity index (χ2v) is 5.09. The van der Waals surface area contributed by atoms with Crippen molar-refractivity contribution in [3.63, 3.8) is 0 Å². The average molecular weight is 250 g/mol. The summed E-state index contributed by atoms with van der Waals surface area (Å²) in [5.74, 6) is 0. The zero-order valence-corrected chi connectivity index (χ0v) is 10.8. The summed E-state index contributed by atoms with van der Waals surface area (Å²) in [4.78, 5) is 0. The smallest absolute Gasteiger partial charge is 0.0831 e. The van der Waals surface area contributed by atoms with Crippen LogP contribution in [0.3, 0.4) is 0 Å². The molecule has 0 unspecified atom stereocenters. The Balaban J connectivity index is 2.40. The van der Waals surface area contributed by atoms with E-state index in [4.69, 9.17) is 17.3 Å². The Hall–Kier alpha value is -1.32. The van der Waals surface area contributed by atoms with E-state index in [0.717, 1.165) is 11.4 Å². The van der Waals surface area contributed by atoms with Crippen LogP contribution >= 0.6 is 11.6 Å². The Morgan fingerprint density at radius 3 is 2.65 bits per heavy atom. The number of hydrogen-bond donors (Lipinski definition) is 1. The van der Waals surface area contributed by atoms with Gasteiger partial charge in [0, 0.05) is 18.2 Å². The summed E-state index contributed by atoms with van der Waals surface area (Å²) in [6.45, 7) is 4.71. The van der Waals surface area contributed by atoms with Crippen molar-refractivity contribution < 1.29 is 0 Å². The molecule has 0 aliphatic heterocycles. The van der Waals surface area contributed by atoms with Gasteiger partial charge in [-0.15, -0.1) is 0 Å². The van der Waals surface area contributed by atoms with E-state index in [0.29, 0.717) is 11.6 Å². The number of nitrogens with two attached hydrogens (primary N) is 1. The summed E-state index contributed by atoms with van der Waals surface area (Å²) in [6, 6.07) is 9.62. The fourth-order valence-corrected chi connectivity index (χ4v) is 1.78. The maximum atomic E-state index is 6.13. The van der Waals surface area contributed by atoms with Gasteiger partial charge >= 0.3 is 0 Å². The first kappa shape index (κ1) is 12.1. The van der Waals surface area contributed by atoms with Crippen molar-refractivity contribution in [2.24, 2.45) is 5.73 Å². The highest BCUT2D eigenvalue weighted by atomic mass is 35.5. The Labute approximate surface area is 106 Å². The number of rotatable bonds is 3. The molecule has 0 bridgehead atoms. The molecule has 3 nitrogen and oxygen atoms in total. The third-order valence-electron chi connectivity index (χ3n) is 2.89. The first-order chi connectivity index (χ1) is 8.04. The standard InChI is InChI=1S/C13H16ClN3/c1-13(2,9-15)12-7-8-17(16-12)11-6-4-3-5-10(11)14/h3-8H,9,15H2,1-2H3. The molecule has 2 rings (SSSR count). The van der Waals surface area contributed by atoms with E-state index in [1.165, 1.54) is 0 Å². The highest BCUT2D eigenvalue weighted by molar-refractivity contribution is 6.32. The zero-order chi connectivity index (χ0) is 12.5. The molecule has 0 radical (unpaired) electrons. The van der Waals surface area contributed by atoms with E-state index >= 15 is 0 Å². The van der Waals surface area contributed by atoms with Crippen molar-refractivity contribution in [2.75, 3.05) is 6.54 Å². The van der Waals surface area contributed by atoms with Gasteiger partial charge in [-0.25, -0.2) is 4.68 Å². The quantitative estimate of drug-likeness (QED) is 0.909. The molecular weight excluding hydrogens is 234 g/mol. The highest BCUT2D eigenvalue weighted by Gasteiger charge is 2.21. The van der Waals surface area contributed by atoms with Crippen LogP contribution in [0.25, 0.3) is 5.69 Å². The van der Waals surface area contributed by atoms with Gasteiger partial charge in [0.2, 0.25) is 0 Å². The lowest BCUT2D eigenvalue weighted by Gasteiger charge is -2.19. The Morgan fingerprint density at radius 1 is 1.29 bits per heavy atom. The first-order valence-electron chi connectivity index (χ1n) is 5.56. The summed E-state index contributed by atoms with van der Waals surface area (Å²) in [6.07, 6.45) is 1.91. The minimum absolute atomic E-state index is 0.119. The lowest BCUT2D eigenvalue weighted by Crippen LogP contribution is -2.28. The SMILES string of the molecule is CC(C)(CN)c1ccn(-c2ccccc2Cl)n1. The molecule has 0 saturated heterocycles. The second kappa shape index (κ2) is 4.51. The fraction of sp³-hybridized carbons (Fsp3) is 0.308. The molecule has 2 N–H and O–H groups in total. The van der Waals surface area contributed by atoms with Gasteiger partial charge in [-0.1, -0.05) is 37.6 Å². The van der Waals surface area contributed by atoms with Crippen LogP contribution in [-0.4, -0.2) is 16.3 Å². The van der Waals surface area contributed by atoms with Crippen LogP contribution in [0.2, 0.25) is 5.02 Å². The van der Waals surface area contributed by atoms with E-state index in [1.807, 2.05) is 36.5 Å². The number of nitrogens with zero attached hydrogens (tertiary/aromatic N) is 2. The minimum Gasteiger partial charge on any atom is -0.330 e. The molecule has 2 aromatic rings. The second-order valence-electron chi connectivity index (χ2n) is 4.68. The Morgan fingerprint density at radius 2 is 2.00 bits per heavy atom. The van der Waals surface area contributed by atoms with Gasteiger partial charge in [0.15, 0.2) is 0 Å². The monoisotopic (exact) mass is 249 g/mol. The summed E-state index contributed by atoms with van der Waals surface area (Å²) in [5, 5.41) is 5.22. The molecule has 0 atom stereocenters. The van der Waals surface area contributed by atoms with Crippen molar-refractivity contribution in [1.29, 1.82) is 0 Å². The first-order valence-corrected chi connectivity index (χ1v) is 5.93. The molecule has 1 heterocycles. The van der Waals surface area contributed by atoms with Crippen LogP contribution in [0.5, 0.6) is 0 Å². The Kier molecular flexibility index (Phi) is 3.22. The predicted octanol–water partition coefficient (Wildman–Crippen LogP) is 2.76. The van der Waals surface area contributed by atoms with Crippen LogP contribution < -0.4 is 5.73 Å². The fourth-order valence-electron chi connectivity index (χ4n) is 1.56. The normalized spacial score (nSPS) is 11.8. The maximum absolute atomic E-state index is 6.13. The van der Waals surface area contributed by atoms with Gasteiger partial charge in [0.05, 0.1) is 16.4 Å². The Bertz CT molecular complexity index is 517. The van der Waals surface area contributed by atoms with Gasteiger partial charge in [0.1, 0.15) is 0 Å². The van der Waals surface area contributed by atoms with E-state index in [2.05, 4.69) is 18.9 Å². The van der Waals surface area contributed by atoms with E-state index in [-0.39, 0.29) is 5.41 Å². The molecule has 0 aliphatic carbocycles. The van der Waals surface area contributed by atoms with Gasteiger partial charge in [-0.05, 0) is 18.2 Å². The van der Waals surface area contributed by atoms with Crippen LogP contribution in [0, 0.1) is 0 Å². The van der Waals surface area contributed by atoms with Crippen molar-refractivity contribution in [3.8, 4) is 5.69 Å². The van der Waals surface area contributed by atoms with Crippen LogP contribution in [0.15, 0.2) is 36.5 Å². The van der Waals surface area contributed by atoms with Gasteiger partial charge in [-0.2, -0.15) is 5.10 Å². The van der Waals surface area contributed by atoms with Crippen molar-refractivity contribution in [2.45, 2.75) is 19.3 Å². The van der Waals surface area contributed by atoms with E-state index in [9.17, 15) is 0 Å². The number of hydrogen-bond acceptors (Lipinski definition) is 2. The molecule has 0 amide bonds.